The Bertz CT molecular complexity index is 418. The van der Waals surface area contributed by atoms with E-state index in [4.69, 9.17) is 4.74 Å². The van der Waals surface area contributed by atoms with Gasteiger partial charge in [0.1, 0.15) is 0 Å². The molecule has 0 radical (unpaired) electrons. The summed E-state index contributed by atoms with van der Waals surface area (Å²) in [5, 5.41) is 3.14. The summed E-state index contributed by atoms with van der Waals surface area (Å²) in [7, 11) is 0. The minimum atomic E-state index is 0.423. The van der Waals surface area contributed by atoms with Crippen molar-refractivity contribution in [1.82, 2.24) is 15.0 Å². The first-order chi connectivity index (χ1) is 9.72. The molecule has 6 heteroatoms. The molecule has 1 aromatic heterocycles. The van der Waals surface area contributed by atoms with Gasteiger partial charge in [0.2, 0.25) is 11.9 Å². The highest BCUT2D eigenvalue weighted by Gasteiger charge is 2.19. The van der Waals surface area contributed by atoms with E-state index in [1.165, 1.54) is 12.8 Å². The zero-order chi connectivity index (χ0) is 14.4. The monoisotopic (exact) mass is 279 g/mol. The van der Waals surface area contributed by atoms with Crippen LogP contribution >= 0.6 is 0 Å². The summed E-state index contributed by atoms with van der Waals surface area (Å²) in [5.74, 6) is 2.12. The lowest BCUT2D eigenvalue weighted by Crippen LogP contribution is -2.34. The molecule has 2 heterocycles. The van der Waals surface area contributed by atoms with E-state index >= 15 is 0 Å². The summed E-state index contributed by atoms with van der Waals surface area (Å²) in [4.78, 5) is 15.4. The number of hydrogen-bond donors (Lipinski definition) is 1. The molecule has 1 saturated heterocycles. The van der Waals surface area contributed by atoms with Crippen molar-refractivity contribution in [2.75, 3.05) is 36.5 Å². The van der Waals surface area contributed by atoms with E-state index in [9.17, 15) is 0 Å². The quantitative estimate of drug-likeness (QED) is 0.862. The maximum Gasteiger partial charge on any atom is 0.323 e. The van der Waals surface area contributed by atoms with Crippen LogP contribution in [-0.2, 0) is 0 Å². The zero-order valence-corrected chi connectivity index (χ0v) is 12.7. The molecule has 0 bridgehead atoms. The molecule has 1 aliphatic rings. The molecule has 1 aromatic rings. The van der Waals surface area contributed by atoms with E-state index < -0.39 is 0 Å². The third kappa shape index (κ3) is 3.95. The van der Waals surface area contributed by atoms with Gasteiger partial charge in [-0.05, 0) is 32.1 Å². The van der Waals surface area contributed by atoms with Crippen LogP contribution in [0, 0.1) is 5.92 Å². The molecule has 0 spiro atoms. The Morgan fingerprint density at radius 1 is 1.20 bits per heavy atom. The molecule has 2 rings (SSSR count). The molecule has 1 aliphatic heterocycles. The van der Waals surface area contributed by atoms with Crippen molar-refractivity contribution >= 4 is 11.9 Å². The van der Waals surface area contributed by atoms with Crippen LogP contribution in [0.5, 0.6) is 6.01 Å². The number of aromatic nitrogens is 3. The molecule has 112 valence electrons. The van der Waals surface area contributed by atoms with Crippen molar-refractivity contribution in [3.63, 3.8) is 0 Å². The number of piperidine rings is 1. The summed E-state index contributed by atoms with van der Waals surface area (Å²) < 4.78 is 5.57. The van der Waals surface area contributed by atoms with Crippen LogP contribution in [0.3, 0.4) is 0 Å². The Labute approximate surface area is 121 Å². The largest absolute Gasteiger partial charge is 0.463 e. The van der Waals surface area contributed by atoms with Crippen molar-refractivity contribution in [3.05, 3.63) is 0 Å². The van der Waals surface area contributed by atoms with Crippen LogP contribution in [0.25, 0.3) is 0 Å². The van der Waals surface area contributed by atoms with Crippen molar-refractivity contribution in [1.29, 1.82) is 0 Å². The normalized spacial score (nSPS) is 16.2. The van der Waals surface area contributed by atoms with Gasteiger partial charge in [0, 0.05) is 19.6 Å². The Balaban J connectivity index is 2.15. The first kappa shape index (κ1) is 14.8. The molecule has 0 unspecified atom stereocenters. The number of hydrogen-bond acceptors (Lipinski definition) is 6. The Morgan fingerprint density at radius 2 is 1.95 bits per heavy atom. The van der Waals surface area contributed by atoms with Crippen molar-refractivity contribution < 1.29 is 4.74 Å². The standard InChI is InChI=1S/C14H25N5O/c1-4-10-20-14-17-12(15-5-2)16-13(18-14)19-8-6-11(3)7-9-19/h11H,4-10H2,1-3H3,(H,15,16,17,18). The highest BCUT2D eigenvalue weighted by molar-refractivity contribution is 5.38. The lowest BCUT2D eigenvalue weighted by Gasteiger charge is -2.30. The molecule has 0 aliphatic carbocycles. The van der Waals surface area contributed by atoms with Gasteiger partial charge in [0.25, 0.3) is 0 Å². The second kappa shape index (κ2) is 7.26. The van der Waals surface area contributed by atoms with Crippen molar-refractivity contribution in [2.24, 2.45) is 5.92 Å². The van der Waals surface area contributed by atoms with Crippen LogP contribution in [0.4, 0.5) is 11.9 Å². The SMILES string of the molecule is CCCOc1nc(NCC)nc(N2CCC(C)CC2)n1. The van der Waals surface area contributed by atoms with Gasteiger partial charge in [-0.25, -0.2) is 0 Å². The fraction of sp³-hybridized carbons (Fsp3) is 0.786. The van der Waals surface area contributed by atoms with Crippen LogP contribution < -0.4 is 15.0 Å². The number of ether oxygens (including phenoxy) is 1. The van der Waals surface area contributed by atoms with E-state index in [1.807, 2.05) is 6.92 Å². The predicted octanol–water partition coefficient (Wildman–Crippen LogP) is 2.33. The second-order valence-corrected chi connectivity index (χ2v) is 5.29. The fourth-order valence-corrected chi connectivity index (χ4v) is 2.19. The number of nitrogens with zero attached hydrogens (tertiary/aromatic N) is 4. The Morgan fingerprint density at radius 3 is 2.60 bits per heavy atom. The molecule has 0 atom stereocenters. The molecule has 0 amide bonds. The van der Waals surface area contributed by atoms with Gasteiger partial charge in [-0.3, -0.25) is 0 Å². The lowest BCUT2D eigenvalue weighted by atomic mass is 10.00. The van der Waals surface area contributed by atoms with E-state index in [2.05, 4.69) is 39.0 Å². The second-order valence-electron chi connectivity index (χ2n) is 5.29. The molecule has 1 fully saturated rings. The summed E-state index contributed by atoms with van der Waals surface area (Å²) >= 11 is 0. The van der Waals surface area contributed by atoms with Gasteiger partial charge in [0.05, 0.1) is 6.61 Å². The third-order valence-electron chi connectivity index (χ3n) is 3.44. The van der Waals surface area contributed by atoms with Gasteiger partial charge >= 0.3 is 6.01 Å². The maximum atomic E-state index is 5.57. The fourth-order valence-electron chi connectivity index (χ4n) is 2.19. The van der Waals surface area contributed by atoms with Crippen molar-refractivity contribution in [2.45, 2.75) is 40.0 Å². The summed E-state index contributed by atoms with van der Waals surface area (Å²) in [6.45, 7) is 9.82. The Hall–Kier alpha value is -1.59. The van der Waals surface area contributed by atoms with Crippen LogP contribution in [0.15, 0.2) is 0 Å². The first-order valence-electron chi connectivity index (χ1n) is 7.60. The highest BCUT2D eigenvalue weighted by Crippen LogP contribution is 2.22. The summed E-state index contributed by atoms with van der Waals surface area (Å²) in [6.07, 6.45) is 3.32. The molecule has 0 saturated carbocycles. The van der Waals surface area contributed by atoms with Gasteiger partial charge < -0.3 is 15.0 Å². The number of anilines is 2. The summed E-state index contributed by atoms with van der Waals surface area (Å²) in [6, 6.07) is 0.423. The average Bonchev–Trinajstić information content (AvgIpc) is 2.46. The number of nitrogens with one attached hydrogen (secondary N) is 1. The molecular weight excluding hydrogens is 254 g/mol. The van der Waals surface area contributed by atoms with E-state index in [-0.39, 0.29) is 0 Å². The number of rotatable bonds is 6. The topological polar surface area (TPSA) is 63.2 Å². The van der Waals surface area contributed by atoms with Gasteiger partial charge in [-0.15, -0.1) is 0 Å². The molecule has 6 nitrogen and oxygen atoms in total. The predicted molar refractivity (Wildman–Crippen MR) is 80.4 cm³/mol. The molecule has 0 aromatic carbocycles. The van der Waals surface area contributed by atoms with Crippen molar-refractivity contribution in [3.8, 4) is 6.01 Å². The average molecular weight is 279 g/mol. The van der Waals surface area contributed by atoms with Crippen LogP contribution in [0.1, 0.15) is 40.0 Å². The van der Waals surface area contributed by atoms with Crippen LogP contribution in [0.2, 0.25) is 0 Å². The minimum absolute atomic E-state index is 0.423. The summed E-state index contributed by atoms with van der Waals surface area (Å²) in [5.41, 5.74) is 0. The zero-order valence-electron chi connectivity index (χ0n) is 12.7. The lowest BCUT2D eigenvalue weighted by molar-refractivity contribution is 0.291. The minimum Gasteiger partial charge on any atom is -0.463 e. The first-order valence-corrected chi connectivity index (χ1v) is 7.60. The highest BCUT2D eigenvalue weighted by atomic mass is 16.5. The Kier molecular flexibility index (Phi) is 5.38. The third-order valence-corrected chi connectivity index (χ3v) is 3.44. The van der Waals surface area contributed by atoms with Gasteiger partial charge in [-0.1, -0.05) is 13.8 Å². The van der Waals surface area contributed by atoms with Crippen LogP contribution in [-0.4, -0.2) is 41.2 Å². The molecule has 20 heavy (non-hydrogen) atoms. The molecule has 1 N–H and O–H groups in total. The van der Waals surface area contributed by atoms with Gasteiger partial charge in [0.15, 0.2) is 0 Å². The van der Waals surface area contributed by atoms with Gasteiger partial charge in [-0.2, -0.15) is 15.0 Å². The van der Waals surface area contributed by atoms with E-state index in [1.54, 1.807) is 0 Å². The van der Waals surface area contributed by atoms with E-state index in [0.717, 1.165) is 37.9 Å². The van der Waals surface area contributed by atoms with E-state index in [0.29, 0.717) is 18.6 Å². The molecular formula is C14H25N5O. The maximum absolute atomic E-state index is 5.57. The smallest absolute Gasteiger partial charge is 0.323 e.